The fourth-order valence-electron chi connectivity index (χ4n) is 1.02. The zero-order valence-corrected chi connectivity index (χ0v) is 6.78. The van der Waals surface area contributed by atoms with Gasteiger partial charge in [0.1, 0.15) is 18.0 Å². The van der Waals surface area contributed by atoms with Gasteiger partial charge >= 0.3 is 0 Å². The second kappa shape index (κ2) is 2.64. The maximum atomic E-state index is 5.73. The van der Waals surface area contributed by atoms with E-state index in [1.54, 1.807) is 6.26 Å². The smallest absolute Gasteiger partial charge is 0.212 e. The number of hydrogen-bond acceptors (Lipinski definition) is 4. The van der Waals surface area contributed by atoms with Gasteiger partial charge in [-0.25, -0.2) is 4.98 Å². The van der Waals surface area contributed by atoms with Crippen LogP contribution in [0.2, 0.25) is 0 Å². The van der Waals surface area contributed by atoms with Gasteiger partial charge in [-0.2, -0.15) is 0 Å². The summed E-state index contributed by atoms with van der Waals surface area (Å²) in [6, 6.07) is -0.114. The number of furan rings is 1. The van der Waals surface area contributed by atoms with Gasteiger partial charge in [0, 0.05) is 0 Å². The van der Waals surface area contributed by atoms with Crippen LogP contribution in [-0.4, -0.2) is 4.98 Å². The van der Waals surface area contributed by atoms with Gasteiger partial charge < -0.3 is 14.6 Å². The number of rotatable bonds is 2. The molecule has 0 aliphatic carbocycles. The first-order valence-electron chi connectivity index (χ1n) is 3.89. The molecule has 2 aromatic rings. The molecular formula is C8H10N2O2. The first kappa shape index (κ1) is 7.36. The lowest BCUT2D eigenvalue weighted by molar-refractivity contribution is 0.459. The highest BCUT2D eigenvalue weighted by atomic mass is 16.4. The van der Waals surface area contributed by atoms with Crippen LogP contribution in [-0.2, 0) is 0 Å². The van der Waals surface area contributed by atoms with E-state index >= 15 is 0 Å². The van der Waals surface area contributed by atoms with Gasteiger partial charge in [0.15, 0.2) is 5.58 Å². The van der Waals surface area contributed by atoms with Crippen LogP contribution in [0, 0.1) is 0 Å². The van der Waals surface area contributed by atoms with E-state index < -0.39 is 0 Å². The Morgan fingerprint density at radius 3 is 3.08 bits per heavy atom. The lowest BCUT2D eigenvalue weighted by atomic mass is 10.2. The van der Waals surface area contributed by atoms with Crippen molar-refractivity contribution in [3.63, 3.8) is 0 Å². The van der Waals surface area contributed by atoms with Crippen molar-refractivity contribution < 1.29 is 8.83 Å². The standard InChI is InChI=1S/C8H10N2O2/c1-2-5(9)8-10-6-3-11-4-7(6)12-8/h3-5H,2,9H2,1H3. The number of aromatic nitrogens is 1. The Hall–Kier alpha value is -1.29. The summed E-state index contributed by atoms with van der Waals surface area (Å²) >= 11 is 0. The van der Waals surface area contributed by atoms with Crippen molar-refractivity contribution in [2.24, 2.45) is 5.73 Å². The Balaban J connectivity index is 2.44. The third-order valence-electron chi connectivity index (χ3n) is 1.81. The average molecular weight is 166 g/mol. The van der Waals surface area contributed by atoms with E-state index in [0.29, 0.717) is 11.5 Å². The van der Waals surface area contributed by atoms with E-state index in [1.165, 1.54) is 6.26 Å². The molecule has 0 aromatic carbocycles. The SMILES string of the molecule is CCC(N)c1nc2cocc2o1. The molecule has 0 aliphatic rings. The molecule has 0 amide bonds. The molecule has 0 bridgehead atoms. The number of hydrogen-bond donors (Lipinski definition) is 1. The molecule has 2 aromatic heterocycles. The van der Waals surface area contributed by atoms with Crippen molar-refractivity contribution in [2.45, 2.75) is 19.4 Å². The topological polar surface area (TPSA) is 65.2 Å². The van der Waals surface area contributed by atoms with Gasteiger partial charge in [-0.1, -0.05) is 6.92 Å². The molecule has 4 heteroatoms. The molecule has 0 fully saturated rings. The molecule has 2 rings (SSSR count). The highest BCUT2D eigenvalue weighted by Crippen LogP contribution is 2.20. The third kappa shape index (κ3) is 1.00. The fraction of sp³-hybridized carbons (Fsp3) is 0.375. The van der Waals surface area contributed by atoms with Crippen LogP contribution < -0.4 is 5.73 Å². The summed E-state index contributed by atoms with van der Waals surface area (Å²) in [5.41, 5.74) is 7.12. The summed E-state index contributed by atoms with van der Waals surface area (Å²) in [4.78, 5) is 4.16. The molecule has 0 saturated heterocycles. The minimum absolute atomic E-state index is 0.114. The predicted molar refractivity (Wildman–Crippen MR) is 43.5 cm³/mol. The van der Waals surface area contributed by atoms with Crippen LogP contribution in [0.3, 0.4) is 0 Å². The summed E-state index contributed by atoms with van der Waals surface area (Å²) in [5, 5.41) is 0. The van der Waals surface area contributed by atoms with Crippen molar-refractivity contribution in [3.8, 4) is 0 Å². The van der Waals surface area contributed by atoms with Gasteiger partial charge in [-0.15, -0.1) is 0 Å². The molecule has 64 valence electrons. The molecular weight excluding hydrogens is 156 g/mol. The van der Waals surface area contributed by atoms with Crippen molar-refractivity contribution >= 4 is 11.1 Å². The third-order valence-corrected chi connectivity index (χ3v) is 1.81. The highest BCUT2D eigenvalue weighted by molar-refractivity contribution is 5.70. The molecule has 12 heavy (non-hydrogen) atoms. The number of nitrogens with zero attached hydrogens (tertiary/aromatic N) is 1. The Morgan fingerprint density at radius 2 is 2.42 bits per heavy atom. The minimum Gasteiger partial charge on any atom is -0.466 e. The maximum absolute atomic E-state index is 5.73. The Morgan fingerprint density at radius 1 is 1.58 bits per heavy atom. The molecule has 0 radical (unpaired) electrons. The summed E-state index contributed by atoms with van der Waals surface area (Å²) < 4.78 is 10.2. The summed E-state index contributed by atoms with van der Waals surface area (Å²) in [6.07, 6.45) is 3.89. The van der Waals surface area contributed by atoms with Gasteiger partial charge in [0.05, 0.1) is 6.04 Å². The Bertz CT molecular complexity index is 348. The van der Waals surface area contributed by atoms with Crippen LogP contribution >= 0.6 is 0 Å². The molecule has 0 saturated carbocycles. The van der Waals surface area contributed by atoms with Crippen molar-refractivity contribution in [1.29, 1.82) is 0 Å². The van der Waals surface area contributed by atoms with E-state index in [0.717, 1.165) is 11.9 Å². The van der Waals surface area contributed by atoms with Crippen LogP contribution in [0.1, 0.15) is 25.3 Å². The second-order valence-corrected chi connectivity index (χ2v) is 2.69. The molecule has 4 nitrogen and oxygen atoms in total. The average Bonchev–Trinajstić information content (AvgIpc) is 2.60. The second-order valence-electron chi connectivity index (χ2n) is 2.69. The lowest BCUT2D eigenvalue weighted by Gasteiger charge is -2.00. The van der Waals surface area contributed by atoms with Gasteiger partial charge in [-0.3, -0.25) is 0 Å². The van der Waals surface area contributed by atoms with Crippen LogP contribution in [0.4, 0.5) is 0 Å². The van der Waals surface area contributed by atoms with Crippen molar-refractivity contribution in [1.82, 2.24) is 4.98 Å². The monoisotopic (exact) mass is 166 g/mol. The van der Waals surface area contributed by atoms with Crippen LogP contribution in [0.15, 0.2) is 21.4 Å². The zero-order chi connectivity index (χ0) is 8.55. The number of oxazole rings is 1. The Kier molecular flexibility index (Phi) is 1.62. The molecule has 0 aliphatic heterocycles. The molecule has 2 N–H and O–H groups in total. The van der Waals surface area contributed by atoms with Gasteiger partial charge in [-0.05, 0) is 6.42 Å². The fourth-order valence-corrected chi connectivity index (χ4v) is 1.02. The van der Waals surface area contributed by atoms with Gasteiger partial charge in [0.25, 0.3) is 0 Å². The summed E-state index contributed by atoms with van der Waals surface area (Å²) in [6.45, 7) is 1.99. The lowest BCUT2D eigenvalue weighted by Crippen LogP contribution is -2.08. The molecule has 1 unspecified atom stereocenters. The maximum Gasteiger partial charge on any atom is 0.212 e. The quantitative estimate of drug-likeness (QED) is 0.739. The predicted octanol–water partition coefficient (Wildman–Crippen LogP) is 1.83. The molecule has 2 heterocycles. The summed E-state index contributed by atoms with van der Waals surface area (Å²) in [7, 11) is 0. The first-order valence-corrected chi connectivity index (χ1v) is 3.89. The van der Waals surface area contributed by atoms with Gasteiger partial charge in [0.2, 0.25) is 5.89 Å². The largest absolute Gasteiger partial charge is 0.466 e. The number of nitrogens with two attached hydrogens (primary N) is 1. The minimum atomic E-state index is -0.114. The number of fused-ring (bicyclic) bond motifs is 1. The highest BCUT2D eigenvalue weighted by Gasteiger charge is 2.12. The summed E-state index contributed by atoms with van der Waals surface area (Å²) in [5.74, 6) is 0.582. The van der Waals surface area contributed by atoms with Crippen molar-refractivity contribution in [3.05, 3.63) is 18.4 Å². The Labute approximate surface area is 69.4 Å². The van der Waals surface area contributed by atoms with E-state index in [2.05, 4.69) is 4.98 Å². The molecule has 0 spiro atoms. The van der Waals surface area contributed by atoms with E-state index in [9.17, 15) is 0 Å². The van der Waals surface area contributed by atoms with Crippen molar-refractivity contribution in [2.75, 3.05) is 0 Å². The molecule has 1 atom stereocenters. The van der Waals surface area contributed by atoms with Crippen LogP contribution in [0.5, 0.6) is 0 Å². The zero-order valence-electron chi connectivity index (χ0n) is 6.78. The van der Waals surface area contributed by atoms with E-state index in [1.807, 2.05) is 6.92 Å². The van der Waals surface area contributed by atoms with Crippen LogP contribution in [0.25, 0.3) is 11.1 Å². The normalized spacial score (nSPS) is 13.8. The van der Waals surface area contributed by atoms with E-state index in [-0.39, 0.29) is 6.04 Å². The first-order chi connectivity index (χ1) is 5.81. The van der Waals surface area contributed by atoms with E-state index in [4.69, 9.17) is 14.6 Å².